The van der Waals surface area contributed by atoms with Crippen LogP contribution in [0.5, 0.6) is 0 Å². The van der Waals surface area contributed by atoms with Gasteiger partial charge in [0.25, 0.3) is 0 Å². The zero-order valence-corrected chi connectivity index (χ0v) is 27.8. The fourth-order valence-corrected chi connectivity index (χ4v) is 6.28. The van der Waals surface area contributed by atoms with Crippen LogP contribution in [0.2, 0.25) is 10.0 Å². The third-order valence-corrected chi connectivity index (χ3v) is 9.18. The summed E-state index contributed by atoms with van der Waals surface area (Å²) >= 11 is 12.7. The van der Waals surface area contributed by atoms with E-state index in [0.717, 1.165) is 23.1 Å². The molecular weight excluding hydrogens is 605 g/mol. The minimum atomic E-state index is -3.61. The Morgan fingerprint density at radius 1 is 0.977 bits per heavy atom. The number of hydrogen-bond acceptors (Lipinski definition) is 4. The summed E-state index contributed by atoms with van der Waals surface area (Å²) in [5.41, 5.74) is 3.92. The number of rotatable bonds is 14. The van der Waals surface area contributed by atoms with Crippen LogP contribution in [0.3, 0.4) is 0 Å². The first-order valence-electron chi connectivity index (χ1n) is 14.4. The van der Waals surface area contributed by atoms with Crippen LogP contribution >= 0.6 is 23.2 Å². The van der Waals surface area contributed by atoms with Gasteiger partial charge in [0.05, 0.1) is 11.9 Å². The summed E-state index contributed by atoms with van der Waals surface area (Å²) in [6.07, 6.45) is 2.50. The van der Waals surface area contributed by atoms with Crippen LogP contribution in [0.25, 0.3) is 0 Å². The molecule has 232 valence electrons. The van der Waals surface area contributed by atoms with Crippen molar-refractivity contribution in [1.82, 2.24) is 10.2 Å². The average molecular weight is 647 g/mol. The predicted molar refractivity (Wildman–Crippen MR) is 176 cm³/mol. The molecule has 7 nitrogen and oxygen atoms in total. The van der Waals surface area contributed by atoms with Gasteiger partial charge in [-0.05, 0) is 74.1 Å². The van der Waals surface area contributed by atoms with E-state index in [1.165, 1.54) is 10.6 Å². The van der Waals surface area contributed by atoms with Crippen LogP contribution in [0.15, 0.2) is 66.7 Å². The third-order valence-electron chi connectivity index (χ3n) is 7.41. The summed E-state index contributed by atoms with van der Waals surface area (Å²) in [5.74, 6) is -0.537. The van der Waals surface area contributed by atoms with Crippen molar-refractivity contribution in [1.29, 1.82) is 0 Å². The van der Waals surface area contributed by atoms with Gasteiger partial charge in [0.1, 0.15) is 6.04 Å². The first-order chi connectivity index (χ1) is 20.3. The summed E-state index contributed by atoms with van der Waals surface area (Å²) < 4.78 is 26.9. The fourth-order valence-electron chi connectivity index (χ4n) is 4.80. The van der Waals surface area contributed by atoms with Crippen LogP contribution in [-0.4, -0.2) is 50.0 Å². The lowest BCUT2D eigenvalue weighted by molar-refractivity contribution is -0.141. The molecule has 0 unspecified atom stereocenters. The Kier molecular flexibility index (Phi) is 12.5. The van der Waals surface area contributed by atoms with Gasteiger partial charge in [0.2, 0.25) is 21.8 Å². The van der Waals surface area contributed by atoms with Crippen LogP contribution < -0.4 is 9.62 Å². The highest BCUT2D eigenvalue weighted by Crippen LogP contribution is 2.27. The molecule has 0 saturated heterocycles. The maximum Gasteiger partial charge on any atom is 0.243 e. The zero-order valence-electron chi connectivity index (χ0n) is 25.4. The molecule has 1 N–H and O–H groups in total. The minimum absolute atomic E-state index is 0.0317. The van der Waals surface area contributed by atoms with Gasteiger partial charge in [-0.15, -0.1) is 0 Å². The number of sulfonamides is 1. The number of hydrogen-bond donors (Lipinski definition) is 1. The number of aryl methyl sites for hydroxylation is 2. The monoisotopic (exact) mass is 645 g/mol. The molecule has 0 aliphatic heterocycles. The number of anilines is 1. The van der Waals surface area contributed by atoms with Crippen molar-refractivity contribution in [2.45, 2.75) is 72.0 Å². The number of carbonyl (C=O) groups excluding carboxylic acids is 2. The number of benzene rings is 3. The van der Waals surface area contributed by atoms with E-state index >= 15 is 0 Å². The topological polar surface area (TPSA) is 86.8 Å². The molecule has 0 aliphatic rings. The molecule has 0 radical (unpaired) electrons. The Morgan fingerprint density at radius 3 is 2.30 bits per heavy atom. The molecule has 3 aromatic rings. The number of nitrogens with one attached hydrogen (secondary N) is 1. The van der Waals surface area contributed by atoms with E-state index in [4.69, 9.17) is 23.2 Å². The van der Waals surface area contributed by atoms with Crippen molar-refractivity contribution in [3.63, 3.8) is 0 Å². The van der Waals surface area contributed by atoms with Crippen molar-refractivity contribution in [2.24, 2.45) is 0 Å². The molecular formula is C33H41Cl2N3O4S. The second kappa shape index (κ2) is 15.6. The highest BCUT2D eigenvalue weighted by Gasteiger charge is 2.31. The predicted octanol–water partition coefficient (Wildman–Crippen LogP) is 6.71. The highest BCUT2D eigenvalue weighted by molar-refractivity contribution is 7.92. The number of carbonyl (C=O) groups is 2. The maximum atomic E-state index is 14.0. The number of amides is 2. The molecule has 0 saturated carbocycles. The van der Waals surface area contributed by atoms with Gasteiger partial charge < -0.3 is 10.2 Å². The number of nitrogens with zero attached hydrogens (tertiary/aromatic N) is 2. The Hall–Kier alpha value is -3.07. The van der Waals surface area contributed by atoms with Crippen molar-refractivity contribution in [2.75, 3.05) is 17.1 Å². The molecule has 0 aliphatic carbocycles. The normalized spacial score (nSPS) is 12.8. The van der Waals surface area contributed by atoms with E-state index in [0.29, 0.717) is 27.7 Å². The largest absolute Gasteiger partial charge is 0.352 e. The van der Waals surface area contributed by atoms with E-state index in [-0.39, 0.29) is 43.8 Å². The zero-order chi connectivity index (χ0) is 31.7. The van der Waals surface area contributed by atoms with Gasteiger partial charge in [-0.25, -0.2) is 8.42 Å². The summed E-state index contributed by atoms with van der Waals surface area (Å²) in [6.45, 7) is 7.88. The second-order valence-corrected chi connectivity index (χ2v) is 13.8. The molecule has 0 heterocycles. The van der Waals surface area contributed by atoms with Crippen molar-refractivity contribution < 1.29 is 18.0 Å². The SMILES string of the molecule is CC[C@H](C)NC(=O)[C@@H](Cc1ccccc1)N(Cc1ccc(Cl)cc1Cl)C(=O)CCCN(c1cc(C)ccc1C)S(C)(=O)=O. The lowest BCUT2D eigenvalue weighted by atomic mass is 10.0. The second-order valence-electron chi connectivity index (χ2n) is 11.0. The Labute approximate surface area is 266 Å². The van der Waals surface area contributed by atoms with E-state index < -0.39 is 16.1 Å². The summed E-state index contributed by atoms with van der Waals surface area (Å²) in [5, 5.41) is 3.91. The summed E-state index contributed by atoms with van der Waals surface area (Å²) in [6, 6.07) is 19.4. The lowest BCUT2D eigenvalue weighted by Gasteiger charge is -2.33. The molecule has 3 rings (SSSR count). The van der Waals surface area contributed by atoms with Crippen LogP contribution in [0.4, 0.5) is 5.69 Å². The number of halogens is 2. The summed E-state index contributed by atoms with van der Waals surface area (Å²) in [4.78, 5) is 29.3. The van der Waals surface area contributed by atoms with Crippen LogP contribution in [0, 0.1) is 13.8 Å². The van der Waals surface area contributed by atoms with Crippen LogP contribution in [-0.2, 0) is 32.6 Å². The Bertz CT molecular complexity index is 1520. The fraction of sp³-hybridized carbons (Fsp3) is 0.394. The smallest absolute Gasteiger partial charge is 0.243 e. The summed E-state index contributed by atoms with van der Waals surface area (Å²) in [7, 11) is -3.61. The molecule has 0 fully saturated rings. The van der Waals surface area contributed by atoms with Crippen molar-refractivity contribution in [3.05, 3.63) is 99.0 Å². The Morgan fingerprint density at radius 2 is 1.67 bits per heavy atom. The van der Waals surface area contributed by atoms with E-state index in [1.807, 2.05) is 76.2 Å². The van der Waals surface area contributed by atoms with E-state index in [1.54, 1.807) is 23.1 Å². The molecule has 43 heavy (non-hydrogen) atoms. The molecule has 3 aromatic carbocycles. The molecule has 0 aromatic heterocycles. The van der Waals surface area contributed by atoms with Gasteiger partial charge in [-0.2, -0.15) is 0 Å². The quantitative estimate of drug-likeness (QED) is 0.211. The van der Waals surface area contributed by atoms with Crippen molar-refractivity contribution in [3.8, 4) is 0 Å². The standard InChI is InChI=1S/C33H41Cl2N3O4S/c1-6-25(4)36-33(40)31(20-26-11-8-7-9-12-26)37(22-27-16-17-28(34)21-29(27)35)32(39)13-10-18-38(43(5,41)42)30-19-23(2)14-15-24(30)3/h7-9,11-12,14-17,19,21,25,31H,6,10,13,18,20,22H2,1-5H3,(H,36,40)/t25-,31+/m0/s1. The van der Waals surface area contributed by atoms with Gasteiger partial charge in [-0.3, -0.25) is 13.9 Å². The lowest BCUT2D eigenvalue weighted by Crippen LogP contribution is -2.52. The average Bonchev–Trinajstić information content (AvgIpc) is 2.95. The molecule has 2 amide bonds. The van der Waals surface area contributed by atoms with Crippen LogP contribution in [0.1, 0.15) is 55.4 Å². The van der Waals surface area contributed by atoms with Gasteiger partial charge in [-0.1, -0.05) is 78.7 Å². The molecule has 0 spiro atoms. The van der Waals surface area contributed by atoms with Crippen molar-refractivity contribution >= 4 is 50.7 Å². The maximum absolute atomic E-state index is 14.0. The molecule has 0 bridgehead atoms. The van der Waals surface area contributed by atoms with Gasteiger partial charge >= 0.3 is 0 Å². The minimum Gasteiger partial charge on any atom is -0.352 e. The highest BCUT2D eigenvalue weighted by atomic mass is 35.5. The van der Waals surface area contributed by atoms with Gasteiger partial charge in [0, 0.05) is 42.0 Å². The first kappa shape index (κ1) is 34.4. The molecule has 10 heteroatoms. The first-order valence-corrected chi connectivity index (χ1v) is 17.0. The van der Waals surface area contributed by atoms with Gasteiger partial charge in [0.15, 0.2) is 0 Å². The third kappa shape index (κ3) is 9.98. The van der Waals surface area contributed by atoms with E-state index in [2.05, 4.69) is 5.32 Å². The Balaban J connectivity index is 1.94. The van der Waals surface area contributed by atoms with E-state index in [9.17, 15) is 18.0 Å². The molecule has 2 atom stereocenters.